The zero-order valence-corrected chi connectivity index (χ0v) is 16.3. The smallest absolute Gasteiger partial charge is 0.191 e. The molecule has 2 heterocycles. The molecule has 0 bridgehead atoms. The number of aliphatic imine (C=N–C) groups is 1. The number of hydrogen-bond acceptors (Lipinski definition) is 5. The van der Waals surface area contributed by atoms with E-state index < -0.39 is 0 Å². The zero-order valence-electron chi connectivity index (χ0n) is 16.3. The molecule has 1 fully saturated rings. The molecule has 1 saturated heterocycles. The Labute approximate surface area is 157 Å². The van der Waals surface area contributed by atoms with Gasteiger partial charge in [0, 0.05) is 46.6 Å². The number of nitrogens with zero attached hydrogens (tertiary/aromatic N) is 3. The number of anilines is 1. The van der Waals surface area contributed by atoms with Crippen LogP contribution in [0.25, 0.3) is 0 Å². The molecule has 26 heavy (non-hydrogen) atoms. The first-order valence-electron chi connectivity index (χ1n) is 9.53. The third-order valence-corrected chi connectivity index (χ3v) is 4.12. The molecule has 7 nitrogen and oxygen atoms in total. The molecule has 0 aromatic carbocycles. The van der Waals surface area contributed by atoms with Crippen LogP contribution in [0.5, 0.6) is 0 Å². The lowest BCUT2D eigenvalue weighted by atomic mass is 10.2. The van der Waals surface area contributed by atoms with Gasteiger partial charge in [0.1, 0.15) is 5.82 Å². The van der Waals surface area contributed by atoms with Gasteiger partial charge in [0.2, 0.25) is 0 Å². The number of nitrogens with one attached hydrogen (secondary N) is 2. The van der Waals surface area contributed by atoms with E-state index in [1.165, 1.54) is 0 Å². The van der Waals surface area contributed by atoms with Gasteiger partial charge in [0.05, 0.1) is 19.3 Å². The second kappa shape index (κ2) is 11.7. The average Bonchev–Trinajstić information content (AvgIpc) is 3.16. The van der Waals surface area contributed by atoms with Gasteiger partial charge in [-0.25, -0.2) is 9.98 Å². The van der Waals surface area contributed by atoms with E-state index in [2.05, 4.69) is 33.6 Å². The van der Waals surface area contributed by atoms with Crippen molar-refractivity contribution in [3.63, 3.8) is 0 Å². The van der Waals surface area contributed by atoms with Crippen LogP contribution in [0, 0.1) is 0 Å². The highest BCUT2D eigenvalue weighted by atomic mass is 16.5. The predicted molar refractivity (Wildman–Crippen MR) is 106 cm³/mol. The Morgan fingerprint density at radius 2 is 2.31 bits per heavy atom. The highest BCUT2D eigenvalue weighted by Gasteiger charge is 2.14. The summed E-state index contributed by atoms with van der Waals surface area (Å²) in [7, 11) is 3.98. The minimum Gasteiger partial charge on any atom is -0.379 e. The topological polar surface area (TPSA) is 71.0 Å². The Kier molecular flexibility index (Phi) is 9.20. The maximum Gasteiger partial charge on any atom is 0.191 e. The van der Waals surface area contributed by atoms with Crippen LogP contribution in [0.4, 0.5) is 5.82 Å². The molecule has 1 aromatic heterocycles. The van der Waals surface area contributed by atoms with E-state index in [4.69, 9.17) is 9.47 Å². The Hall–Kier alpha value is -1.86. The summed E-state index contributed by atoms with van der Waals surface area (Å²) in [5.74, 6) is 1.77. The molecule has 1 atom stereocenters. The summed E-state index contributed by atoms with van der Waals surface area (Å²) >= 11 is 0. The van der Waals surface area contributed by atoms with Crippen molar-refractivity contribution in [1.82, 2.24) is 15.6 Å². The molecule has 0 saturated carbocycles. The lowest BCUT2D eigenvalue weighted by molar-refractivity contribution is 0.0168. The third-order valence-electron chi connectivity index (χ3n) is 4.12. The highest BCUT2D eigenvalue weighted by Crippen LogP contribution is 2.12. The van der Waals surface area contributed by atoms with Gasteiger partial charge >= 0.3 is 0 Å². The van der Waals surface area contributed by atoms with Crippen LogP contribution in [0.15, 0.2) is 23.3 Å². The summed E-state index contributed by atoms with van der Waals surface area (Å²) in [6.07, 6.45) is 5.35. The molecule has 0 spiro atoms. The fourth-order valence-electron chi connectivity index (χ4n) is 2.69. The van der Waals surface area contributed by atoms with Crippen LogP contribution in [-0.2, 0) is 16.0 Å². The van der Waals surface area contributed by atoms with Gasteiger partial charge in [-0.2, -0.15) is 0 Å². The summed E-state index contributed by atoms with van der Waals surface area (Å²) in [5, 5.41) is 6.64. The van der Waals surface area contributed by atoms with Crippen molar-refractivity contribution < 1.29 is 9.47 Å². The van der Waals surface area contributed by atoms with E-state index in [1.54, 1.807) is 0 Å². The summed E-state index contributed by atoms with van der Waals surface area (Å²) in [6.45, 7) is 6.68. The van der Waals surface area contributed by atoms with Gasteiger partial charge in [-0.05, 0) is 43.9 Å². The van der Waals surface area contributed by atoms with E-state index in [9.17, 15) is 0 Å². The lowest BCUT2D eigenvalue weighted by Gasteiger charge is -2.13. The van der Waals surface area contributed by atoms with Crippen molar-refractivity contribution in [3.8, 4) is 0 Å². The van der Waals surface area contributed by atoms with Crippen molar-refractivity contribution in [2.45, 2.75) is 38.8 Å². The molecular formula is C19H33N5O2. The first kappa shape index (κ1) is 20.5. The molecule has 0 amide bonds. The summed E-state index contributed by atoms with van der Waals surface area (Å²) in [4.78, 5) is 11.0. The van der Waals surface area contributed by atoms with Crippen LogP contribution < -0.4 is 15.5 Å². The molecule has 1 aliphatic rings. The molecular weight excluding hydrogens is 330 g/mol. The van der Waals surface area contributed by atoms with Crippen molar-refractivity contribution >= 4 is 11.8 Å². The second-order valence-electron chi connectivity index (χ2n) is 6.60. The average molecular weight is 364 g/mol. The second-order valence-corrected chi connectivity index (χ2v) is 6.60. The SMILES string of the molecule is CCNC(=NCc1ccnc(N(C)C)c1)NCCCOCC1CCCO1. The minimum atomic E-state index is 0.300. The van der Waals surface area contributed by atoms with Gasteiger partial charge < -0.3 is 25.0 Å². The molecule has 1 unspecified atom stereocenters. The van der Waals surface area contributed by atoms with Gasteiger partial charge in [0.15, 0.2) is 5.96 Å². The van der Waals surface area contributed by atoms with Crippen LogP contribution >= 0.6 is 0 Å². The fraction of sp³-hybridized carbons (Fsp3) is 0.684. The standard InChI is InChI=1S/C19H33N5O2/c1-4-20-19(22-9-6-11-25-15-17-7-5-12-26-17)23-14-16-8-10-21-18(13-16)24(2)3/h8,10,13,17H,4-7,9,11-12,14-15H2,1-3H3,(H2,20,22,23). The van der Waals surface area contributed by atoms with Crippen LogP contribution in [0.1, 0.15) is 31.7 Å². The number of pyridine rings is 1. The Morgan fingerprint density at radius 1 is 1.42 bits per heavy atom. The molecule has 1 aliphatic heterocycles. The first-order valence-corrected chi connectivity index (χ1v) is 9.53. The molecule has 2 N–H and O–H groups in total. The Balaban J connectivity index is 1.69. The minimum absolute atomic E-state index is 0.300. The number of rotatable bonds is 10. The third kappa shape index (κ3) is 7.58. The van der Waals surface area contributed by atoms with Crippen molar-refractivity contribution in [3.05, 3.63) is 23.9 Å². The van der Waals surface area contributed by atoms with E-state index in [1.807, 2.05) is 31.3 Å². The number of guanidine groups is 1. The summed E-state index contributed by atoms with van der Waals surface area (Å²) in [6, 6.07) is 4.06. The van der Waals surface area contributed by atoms with Crippen molar-refractivity contribution in [2.24, 2.45) is 4.99 Å². The fourth-order valence-corrected chi connectivity index (χ4v) is 2.69. The van der Waals surface area contributed by atoms with Crippen LogP contribution in [0.2, 0.25) is 0 Å². The van der Waals surface area contributed by atoms with Crippen LogP contribution in [0.3, 0.4) is 0 Å². The molecule has 0 radical (unpaired) electrons. The normalized spacial score (nSPS) is 17.3. The molecule has 0 aliphatic carbocycles. The molecule has 1 aromatic rings. The largest absolute Gasteiger partial charge is 0.379 e. The molecule has 2 rings (SSSR count). The lowest BCUT2D eigenvalue weighted by Crippen LogP contribution is -2.38. The molecule has 7 heteroatoms. The number of ether oxygens (including phenoxy) is 2. The Morgan fingerprint density at radius 3 is 3.04 bits per heavy atom. The quantitative estimate of drug-likeness (QED) is 0.375. The first-order chi connectivity index (χ1) is 12.7. The maximum atomic E-state index is 5.69. The van der Waals surface area contributed by atoms with Crippen LogP contribution in [-0.4, -0.2) is 64.1 Å². The summed E-state index contributed by atoms with van der Waals surface area (Å²) < 4.78 is 11.2. The monoisotopic (exact) mass is 363 g/mol. The van der Waals surface area contributed by atoms with Gasteiger partial charge in [-0.15, -0.1) is 0 Å². The van der Waals surface area contributed by atoms with Crippen molar-refractivity contribution in [2.75, 3.05) is 51.9 Å². The van der Waals surface area contributed by atoms with E-state index in [-0.39, 0.29) is 0 Å². The predicted octanol–water partition coefficient (Wildman–Crippen LogP) is 1.79. The zero-order chi connectivity index (χ0) is 18.6. The highest BCUT2D eigenvalue weighted by molar-refractivity contribution is 5.79. The van der Waals surface area contributed by atoms with E-state index in [0.717, 1.165) is 62.9 Å². The van der Waals surface area contributed by atoms with Gasteiger partial charge in [0.25, 0.3) is 0 Å². The van der Waals surface area contributed by atoms with E-state index in [0.29, 0.717) is 19.3 Å². The number of aromatic nitrogens is 1. The van der Waals surface area contributed by atoms with E-state index >= 15 is 0 Å². The number of hydrogen-bond donors (Lipinski definition) is 2. The van der Waals surface area contributed by atoms with Gasteiger partial charge in [-0.1, -0.05) is 0 Å². The van der Waals surface area contributed by atoms with Crippen molar-refractivity contribution in [1.29, 1.82) is 0 Å². The summed E-state index contributed by atoms with van der Waals surface area (Å²) in [5.41, 5.74) is 1.14. The van der Waals surface area contributed by atoms with Gasteiger partial charge in [-0.3, -0.25) is 0 Å². The Bertz CT molecular complexity index is 544. The maximum absolute atomic E-state index is 5.69. The molecule has 146 valence electrons.